The molecule has 15 heavy (non-hydrogen) atoms. The third-order valence-electron chi connectivity index (χ3n) is 3.23. The van der Waals surface area contributed by atoms with Gasteiger partial charge in [-0.2, -0.15) is 0 Å². The minimum absolute atomic E-state index is 0.163. The maximum atomic E-state index is 11.7. The topological polar surface area (TPSA) is 22.0 Å². The molecule has 1 fully saturated rings. The Morgan fingerprint density at radius 1 is 1.40 bits per heavy atom. The second-order valence-electron chi connectivity index (χ2n) is 4.29. The van der Waals surface area contributed by atoms with Crippen molar-refractivity contribution < 1.29 is 0 Å². The van der Waals surface area contributed by atoms with Crippen molar-refractivity contribution in [2.45, 2.75) is 38.6 Å². The van der Waals surface area contributed by atoms with Crippen molar-refractivity contribution in [1.29, 1.82) is 0 Å². The van der Waals surface area contributed by atoms with Crippen LogP contribution in [0.15, 0.2) is 23.1 Å². The van der Waals surface area contributed by atoms with Crippen LogP contribution in [-0.4, -0.2) is 4.57 Å². The highest BCUT2D eigenvalue weighted by molar-refractivity contribution is 14.1. The lowest BCUT2D eigenvalue weighted by Crippen LogP contribution is -2.22. The lowest BCUT2D eigenvalue weighted by Gasteiger charge is -2.10. The van der Waals surface area contributed by atoms with Gasteiger partial charge in [0.1, 0.15) is 0 Å². The standard InChI is InChI=1S/C12H16INO/c13-11-6-3-8-14(12(11)15)9-7-10-4-1-2-5-10/h3,6,8,10H,1-2,4-5,7,9H2. The molecule has 0 saturated heterocycles. The molecule has 1 aromatic heterocycles. The van der Waals surface area contributed by atoms with Crippen LogP contribution in [-0.2, 0) is 6.54 Å². The third-order valence-corrected chi connectivity index (χ3v) is 4.05. The van der Waals surface area contributed by atoms with Crippen LogP contribution in [0.25, 0.3) is 0 Å². The summed E-state index contributed by atoms with van der Waals surface area (Å²) in [4.78, 5) is 11.7. The van der Waals surface area contributed by atoms with Gasteiger partial charge in [-0.05, 0) is 47.1 Å². The maximum Gasteiger partial charge on any atom is 0.263 e. The van der Waals surface area contributed by atoms with Gasteiger partial charge in [0.05, 0.1) is 3.57 Å². The summed E-state index contributed by atoms with van der Waals surface area (Å²) in [5.74, 6) is 0.856. The number of pyridine rings is 1. The molecule has 82 valence electrons. The van der Waals surface area contributed by atoms with E-state index in [4.69, 9.17) is 0 Å². The average Bonchev–Trinajstić information content (AvgIpc) is 2.73. The highest BCUT2D eigenvalue weighted by Gasteiger charge is 2.14. The van der Waals surface area contributed by atoms with Crippen LogP contribution in [0.5, 0.6) is 0 Å². The van der Waals surface area contributed by atoms with Crippen LogP contribution in [0.4, 0.5) is 0 Å². The van der Waals surface area contributed by atoms with Crippen molar-refractivity contribution >= 4 is 22.6 Å². The molecule has 1 aliphatic carbocycles. The molecular formula is C12H16INO. The molecule has 1 aromatic rings. The van der Waals surface area contributed by atoms with Crippen molar-refractivity contribution in [3.63, 3.8) is 0 Å². The molecule has 0 radical (unpaired) electrons. The Balaban J connectivity index is 1.98. The first kappa shape index (κ1) is 11.2. The molecule has 0 atom stereocenters. The monoisotopic (exact) mass is 317 g/mol. The molecule has 2 nitrogen and oxygen atoms in total. The van der Waals surface area contributed by atoms with E-state index in [9.17, 15) is 4.79 Å². The minimum Gasteiger partial charge on any atom is -0.315 e. The summed E-state index contributed by atoms with van der Waals surface area (Å²) in [6.07, 6.45) is 8.55. The van der Waals surface area contributed by atoms with Gasteiger partial charge in [0.2, 0.25) is 0 Å². The molecule has 0 N–H and O–H groups in total. The van der Waals surface area contributed by atoms with Crippen molar-refractivity contribution in [2.75, 3.05) is 0 Å². The molecule has 0 aromatic carbocycles. The van der Waals surface area contributed by atoms with Gasteiger partial charge >= 0.3 is 0 Å². The van der Waals surface area contributed by atoms with Gasteiger partial charge in [-0.3, -0.25) is 4.79 Å². The largest absolute Gasteiger partial charge is 0.315 e. The highest BCUT2D eigenvalue weighted by Crippen LogP contribution is 2.27. The molecule has 0 spiro atoms. The molecular weight excluding hydrogens is 301 g/mol. The number of aromatic nitrogens is 1. The van der Waals surface area contributed by atoms with Gasteiger partial charge in [-0.1, -0.05) is 25.7 Å². The van der Waals surface area contributed by atoms with Crippen LogP contribution < -0.4 is 5.56 Å². The fourth-order valence-corrected chi connectivity index (χ4v) is 2.82. The van der Waals surface area contributed by atoms with E-state index in [2.05, 4.69) is 22.6 Å². The number of nitrogens with zero attached hydrogens (tertiary/aromatic N) is 1. The van der Waals surface area contributed by atoms with Gasteiger partial charge in [0.15, 0.2) is 0 Å². The number of hydrogen-bond acceptors (Lipinski definition) is 1. The summed E-state index contributed by atoms with van der Waals surface area (Å²) in [6.45, 7) is 0.889. The van der Waals surface area contributed by atoms with Crippen LogP contribution >= 0.6 is 22.6 Å². The predicted octanol–water partition coefficient (Wildman–Crippen LogP) is 3.03. The zero-order valence-electron chi connectivity index (χ0n) is 8.79. The van der Waals surface area contributed by atoms with Gasteiger partial charge in [0, 0.05) is 12.7 Å². The molecule has 1 heterocycles. The van der Waals surface area contributed by atoms with Gasteiger partial charge in [-0.15, -0.1) is 0 Å². The first-order chi connectivity index (χ1) is 7.27. The lowest BCUT2D eigenvalue weighted by atomic mass is 10.0. The SMILES string of the molecule is O=c1c(I)cccn1CCC1CCCC1. The third kappa shape index (κ3) is 2.83. The zero-order chi connectivity index (χ0) is 10.7. The quantitative estimate of drug-likeness (QED) is 0.786. The van der Waals surface area contributed by atoms with E-state index in [1.54, 1.807) is 0 Å². The number of hydrogen-bond donors (Lipinski definition) is 0. The second kappa shape index (κ2) is 5.14. The Morgan fingerprint density at radius 2 is 2.13 bits per heavy atom. The summed E-state index contributed by atoms with van der Waals surface area (Å²) in [5, 5.41) is 0. The van der Waals surface area contributed by atoms with Crippen molar-refractivity contribution in [3.8, 4) is 0 Å². The summed E-state index contributed by atoms with van der Waals surface area (Å²) in [6, 6.07) is 3.83. The smallest absolute Gasteiger partial charge is 0.263 e. The van der Waals surface area contributed by atoms with E-state index >= 15 is 0 Å². The fourth-order valence-electron chi connectivity index (χ4n) is 2.30. The van der Waals surface area contributed by atoms with Crippen LogP contribution in [0.3, 0.4) is 0 Å². The normalized spacial score (nSPS) is 17.1. The van der Waals surface area contributed by atoms with Gasteiger partial charge in [-0.25, -0.2) is 0 Å². The summed E-state index contributed by atoms with van der Waals surface area (Å²) in [5.41, 5.74) is 0.163. The molecule has 3 heteroatoms. The van der Waals surface area contributed by atoms with Crippen molar-refractivity contribution in [3.05, 3.63) is 32.3 Å². The second-order valence-corrected chi connectivity index (χ2v) is 5.46. The van der Waals surface area contributed by atoms with Crippen LogP contribution in [0.2, 0.25) is 0 Å². The first-order valence-electron chi connectivity index (χ1n) is 5.62. The predicted molar refractivity (Wildman–Crippen MR) is 70.0 cm³/mol. The molecule has 0 aliphatic heterocycles. The molecule has 1 saturated carbocycles. The number of rotatable bonds is 3. The van der Waals surface area contributed by atoms with E-state index < -0.39 is 0 Å². The summed E-state index contributed by atoms with van der Waals surface area (Å²) in [7, 11) is 0. The highest BCUT2D eigenvalue weighted by atomic mass is 127. The summed E-state index contributed by atoms with van der Waals surface area (Å²) >= 11 is 2.10. The minimum atomic E-state index is 0.163. The Hall–Kier alpha value is -0.320. The van der Waals surface area contributed by atoms with Crippen LogP contribution in [0.1, 0.15) is 32.1 Å². The van der Waals surface area contributed by atoms with Gasteiger partial charge < -0.3 is 4.57 Å². The average molecular weight is 317 g/mol. The van der Waals surface area contributed by atoms with Crippen LogP contribution in [0, 0.1) is 9.49 Å². The molecule has 1 aliphatic rings. The molecule has 0 unspecified atom stereocenters. The van der Waals surface area contributed by atoms with E-state index in [0.29, 0.717) is 0 Å². The van der Waals surface area contributed by atoms with Crippen molar-refractivity contribution in [2.24, 2.45) is 5.92 Å². The Bertz CT molecular complexity index is 379. The van der Waals surface area contributed by atoms with E-state index in [1.807, 2.05) is 22.9 Å². The molecule has 0 amide bonds. The first-order valence-corrected chi connectivity index (χ1v) is 6.70. The zero-order valence-corrected chi connectivity index (χ0v) is 10.9. The van der Waals surface area contributed by atoms with Crippen molar-refractivity contribution in [1.82, 2.24) is 4.57 Å². The Labute approximate surface area is 104 Å². The van der Waals surface area contributed by atoms with Gasteiger partial charge in [0.25, 0.3) is 5.56 Å². The number of aryl methyl sites for hydroxylation is 1. The Morgan fingerprint density at radius 3 is 2.87 bits per heavy atom. The molecule has 2 rings (SSSR count). The van der Waals surface area contributed by atoms with E-state index in [0.717, 1.165) is 16.0 Å². The summed E-state index contributed by atoms with van der Waals surface area (Å²) < 4.78 is 2.67. The molecule has 0 bridgehead atoms. The van der Waals surface area contributed by atoms with E-state index in [1.165, 1.54) is 32.1 Å². The maximum absolute atomic E-state index is 11.7. The Kier molecular flexibility index (Phi) is 3.83. The lowest BCUT2D eigenvalue weighted by molar-refractivity contribution is 0.452. The van der Waals surface area contributed by atoms with E-state index in [-0.39, 0.29) is 5.56 Å². The fraction of sp³-hybridized carbons (Fsp3) is 0.583. The number of halogens is 1.